The van der Waals surface area contributed by atoms with E-state index in [0.717, 1.165) is 29.2 Å². The Balaban J connectivity index is 2.15. The fourth-order valence-electron chi connectivity index (χ4n) is 2.80. The lowest BCUT2D eigenvalue weighted by molar-refractivity contribution is 0.112. The van der Waals surface area contributed by atoms with Crippen LogP contribution in [0.15, 0.2) is 48.7 Å². The zero-order valence-corrected chi connectivity index (χ0v) is 11.8. The Hall–Kier alpha value is -2.42. The molecule has 0 aliphatic carbocycles. The molecule has 0 aliphatic heterocycles. The predicted molar refractivity (Wildman–Crippen MR) is 82.2 cm³/mol. The Morgan fingerprint density at radius 1 is 1.19 bits per heavy atom. The lowest BCUT2D eigenvalue weighted by Crippen LogP contribution is -2.00. The number of hydrogen-bond donors (Lipinski definition) is 0. The van der Waals surface area contributed by atoms with E-state index in [0.29, 0.717) is 12.1 Å². The normalized spacial score (nSPS) is 11.0. The van der Waals surface area contributed by atoms with E-state index in [1.807, 2.05) is 29.0 Å². The molecule has 2 nitrogen and oxygen atoms in total. The zero-order valence-electron chi connectivity index (χ0n) is 11.8. The fraction of sp³-hybridized carbons (Fsp3) is 0.167. The van der Waals surface area contributed by atoms with Gasteiger partial charge in [-0.1, -0.05) is 37.3 Å². The minimum absolute atomic E-state index is 0.240. The molecule has 0 N–H and O–H groups in total. The van der Waals surface area contributed by atoms with E-state index in [2.05, 4.69) is 13.0 Å². The molecular formula is C18H16FNO. The Morgan fingerprint density at radius 2 is 2.00 bits per heavy atom. The third-order valence-electron chi connectivity index (χ3n) is 3.76. The molecule has 0 amide bonds. The van der Waals surface area contributed by atoms with Crippen LogP contribution in [0, 0.1) is 5.82 Å². The fourth-order valence-corrected chi connectivity index (χ4v) is 2.80. The lowest BCUT2D eigenvalue weighted by Gasteiger charge is -2.09. The van der Waals surface area contributed by atoms with Crippen LogP contribution in [0.4, 0.5) is 4.39 Å². The second-order valence-electron chi connectivity index (χ2n) is 5.13. The van der Waals surface area contributed by atoms with Gasteiger partial charge in [0.15, 0.2) is 6.29 Å². The average Bonchev–Trinajstić information content (AvgIpc) is 2.85. The Bertz CT molecular complexity index is 804. The summed E-state index contributed by atoms with van der Waals surface area (Å²) < 4.78 is 15.4. The summed E-state index contributed by atoms with van der Waals surface area (Å²) in [5.74, 6) is -0.240. The molecule has 3 heteroatoms. The van der Waals surface area contributed by atoms with Crippen LogP contribution in [0.1, 0.15) is 28.4 Å². The lowest BCUT2D eigenvalue weighted by atomic mass is 10.1. The van der Waals surface area contributed by atoms with Gasteiger partial charge in [-0.3, -0.25) is 4.79 Å². The Labute approximate surface area is 122 Å². The van der Waals surface area contributed by atoms with Gasteiger partial charge in [0.1, 0.15) is 5.82 Å². The highest BCUT2D eigenvalue weighted by atomic mass is 19.1. The standard InChI is InChI=1S/C18H16FNO/c1-2-14-6-4-8-17-15(12-21)11-20(18(14)17)10-13-5-3-7-16(19)9-13/h3-9,11-12H,2,10H2,1H3. The summed E-state index contributed by atoms with van der Waals surface area (Å²) in [6.07, 6.45) is 3.62. The molecule has 0 bridgehead atoms. The predicted octanol–water partition coefficient (Wildman–Crippen LogP) is 4.20. The van der Waals surface area contributed by atoms with Crippen LogP contribution < -0.4 is 0 Å². The molecule has 2 aromatic carbocycles. The summed E-state index contributed by atoms with van der Waals surface area (Å²) in [5.41, 5.74) is 3.82. The van der Waals surface area contributed by atoms with Crippen molar-refractivity contribution < 1.29 is 9.18 Å². The number of hydrogen-bond acceptors (Lipinski definition) is 1. The average molecular weight is 281 g/mol. The van der Waals surface area contributed by atoms with Gasteiger partial charge in [-0.15, -0.1) is 0 Å². The third kappa shape index (κ3) is 2.47. The van der Waals surface area contributed by atoms with Gasteiger partial charge in [0.25, 0.3) is 0 Å². The van der Waals surface area contributed by atoms with Crippen molar-refractivity contribution in [2.45, 2.75) is 19.9 Å². The highest BCUT2D eigenvalue weighted by molar-refractivity contribution is 5.99. The molecule has 0 saturated carbocycles. The Kier molecular flexibility index (Phi) is 3.57. The first-order chi connectivity index (χ1) is 10.2. The van der Waals surface area contributed by atoms with Crippen molar-refractivity contribution in [3.8, 4) is 0 Å². The molecular weight excluding hydrogens is 265 g/mol. The maximum Gasteiger partial charge on any atom is 0.152 e. The van der Waals surface area contributed by atoms with Crippen molar-refractivity contribution in [2.24, 2.45) is 0 Å². The number of aromatic nitrogens is 1. The molecule has 106 valence electrons. The van der Waals surface area contributed by atoms with Crippen LogP contribution in [0.3, 0.4) is 0 Å². The number of aryl methyl sites for hydroxylation is 1. The number of rotatable bonds is 4. The molecule has 0 saturated heterocycles. The van der Waals surface area contributed by atoms with Gasteiger partial charge in [0.05, 0.1) is 5.52 Å². The van der Waals surface area contributed by atoms with E-state index < -0.39 is 0 Å². The number of carbonyl (C=O) groups is 1. The van der Waals surface area contributed by atoms with Gasteiger partial charge in [-0.25, -0.2) is 4.39 Å². The molecule has 0 atom stereocenters. The quantitative estimate of drug-likeness (QED) is 0.657. The molecule has 0 radical (unpaired) electrons. The van der Waals surface area contributed by atoms with Crippen LogP contribution in [0.5, 0.6) is 0 Å². The van der Waals surface area contributed by atoms with E-state index in [4.69, 9.17) is 0 Å². The highest BCUT2D eigenvalue weighted by Gasteiger charge is 2.11. The van der Waals surface area contributed by atoms with E-state index in [1.54, 1.807) is 6.07 Å². The van der Waals surface area contributed by atoms with Crippen molar-refractivity contribution in [1.29, 1.82) is 0 Å². The number of halogens is 1. The summed E-state index contributed by atoms with van der Waals surface area (Å²) in [4.78, 5) is 11.3. The van der Waals surface area contributed by atoms with Gasteiger partial charge in [-0.05, 0) is 29.7 Å². The SMILES string of the molecule is CCc1cccc2c(C=O)cn(Cc3cccc(F)c3)c12. The monoisotopic (exact) mass is 281 g/mol. The second-order valence-corrected chi connectivity index (χ2v) is 5.13. The van der Waals surface area contributed by atoms with Gasteiger partial charge >= 0.3 is 0 Å². The molecule has 0 unspecified atom stereocenters. The number of nitrogens with zero attached hydrogens (tertiary/aromatic N) is 1. The van der Waals surface area contributed by atoms with Crippen LogP contribution in [-0.4, -0.2) is 10.9 Å². The van der Waals surface area contributed by atoms with Crippen molar-refractivity contribution in [3.63, 3.8) is 0 Å². The summed E-state index contributed by atoms with van der Waals surface area (Å²) in [7, 11) is 0. The van der Waals surface area contributed by atoms with E-state index in [1.165, 1.54) is 17.7 Å². The number of benzene rings is 2. The van der Waals surface area contributed by atoms with Crippen molar-refractivity contribution in [3.05, 3.63) is 71.2 Å². The second kappa shape index (κ2) is 5.52. The molecule has 21 heavy (non-hydrogen) atoms. The van der Waals surface area contributed by atoms with Gasteiger partial charge in [0.2, 0.25) is 0 Å². The zero-order chi connectivity index (χ0) is 14.8. The van der Waals surface area contributed by atoms with Crippen molar-refractivity contribution >= 4 is 17.2 Å². The maximum absolute atomic E-state index is 13.3. The number of fused-ring (bicyclic) bond motifs is 1. The van der Waals surface area contributed by atoms with E-state index >= 15 is 0 Å². The van der Waals surface area contributed by atoms with E-state index in [-0.39, 0.29) is 5.82 Å². The molecule has 1 aromatic heterocycles. The largest absolute Gasteiger partial charge is 0.342 e. The molecule has 0 aliphatic rings. The molecule has 3 aromatic rings. The van der Waals surface area contributed by atoms with Crippen LogP contribution in [0.25, 0.3) is 10.9 Å². The molecule has 0 spiro atoms. The molecule has 1 heterocycles. The summed E-state index contributed by atoms with van der Waals surface area (Å²) in [6.45, 7) is 2.65. The first-order valence-corrected chi connectivity index (χ1v) is 7.03. The van der Waals surface area contributed by atoms with E-state index in [9.17, 15) is 9.18 Å². The summed E-state index contributed by atoms with van der Waals surface area (Å²) in [6, 6.07) is 12.6. The van der Waals surface area contributed by atoms with Crippen LogP contribution in [-0.2, 0) is 13.0 Å². The van der Waals surface area contributed by atoms with Crippen molar-refractivity contribution in [1.82, 2.24) is 4.57 Å². The first-order valence-electron chi connectivity index (χ1n) is 7.03. The van der Waals surface area contributed by atoms with Crippen LogP contribution in [0.2, 0.25) is 0 Å². The Morgan fingerprint density at radius 3 is 2.71 bits per heavy atom. The van der Waals surface area contributed by atoms with Crippen molar-refractivity contribution in [2.75, 3.05) is 0 Å². The minimum Gasteiger partial charge on any atom is -0.342 e. The number of aldehydes is 1. The van der Waals surface area contributed by atoms with Gasteiger partial charge in [-0.2, -0.15) is 0 Å². The molecule has 0 fully saturated rings. The molecule has 3 rings (SSSR count). The smallest absolute Gasteiger partial charge is 0.152 e. The van der Waals surface area contributed by atoms with Gasteiger partial charge in [0, 0.05) is 23.7 Å². The maximum atomic E-state index is 13.3. The summed E-state index contributed by atoms with van der Waals surface area (Å²) in [5, 5.41) is 0.959. The minimum atomic E-state index is -0.240. The van der Waals surface area contributed by atoms with Crippen LogP contribution >= 0.6 is 0 Å². The third-order valence-corrected chi connectivity index (χ3v) is 3.76. The highest BCUT2D eigenvalue weighted by Crippen LogP contribution is 2.25. The number of para-hydroxylation sites is 1. The topological polar surface area (TPSA) is 22.0 Å². The first kappa shape index (κ1) is 13.6. The number of carbonyl (C=O) groups excluding carboxylic acids is 1. The summed E-state index contributed by atoms with van der Waals surface area (Å²) >= 11 is 0. The van der Waals surface area contributed by atoms with Gasteiger partial charge < -0.3 is 4.57 Å².